The van der Waals surface area contributed by atoms with Crippen LogP contribution in [0.4, 0.5) is 5.95 Å². The predicted molar refractivity (Wildman–Crippen MR) is 63.3 cm³/mol. The molecule has 0 aliphatic rings. The van der Waals surface area contributed by atoms with Crippen LogP contribution in [0, 0.1) is 12.3 Å². The van der Waals surface area contributed by atoms with Crippen molar-refractivity contribution in [3.8, 4) is 12.3 Å². The molecule has 1 heterocycles. The molecule has 0 atom stereocenters. The average Bonchev–Trinajstić information content (AvgIpc) is 2.71. The fourth-order valence-electron chi connectivity index (χ4n) is 0.971. The van der Waals surface area contributed by atoms with Crippen molar-refractivity contribution < 1.29 is 9.32 Å². The van der Waals surface area contributed by atoms with Gasteiger partial charge < -0.3 is 15.2 Å². The van der Waals surface area contributed by atoms with Crippen molar-refractivity contribution in [3.05, 3.63) is 5.89 Å². The normalized spacial score (nSPS) is 10.7. The molecule has 0 fully saturated rings. The van der Waals surface area contributed by atoms with E-state index in [4.69, 9.17) is 10.9 Å². The van der Waals surface area contributed by atoms with E-state index >= 15 is 0 Å². The van der Waals surface area contributed by atoms with E-state index in [-0.39, 0.29) is 24.4 Å². The zero-order valence-corrected chi connectivity index (χ0v) is 10.2. The summed E-state index contributed by atoms with van der Waals surface area (Å²) in [5.74, 6) is 2.91. The number of hydrogen-bond acceptors (Lipinski definition) is 5. The predicted octanol–water partition coefficient (Wildman–Crippen LogP) is 0.528. The minimum absolute atomic E-state index is 0.0603. The Hall–Kier alpha value is -2.03. The number of aromatic nitrogens is 2. The molecule has 0 saturated heterocycles. The summed E-state index contributed by atoms with van der Waals surface area (Å²) in [6.07, 6.45) is 5.01. The number of hydrogen-bond donors (Lipinski definition) is 2. The molecule has 1 aromatic heterocycles. The van der Waals surface area contributed by atoms with E-state index < -0.39 is 0 Å². The summed E-state index contributed by atoms with van der Waals surface area (Å²) < 4.78 is 5.05. The standard InChI is InChI=1S/C11H16N4O2/c1-5-6-12-8(16)7-13-10-14-9(17-15-10)11(2,3)4/h1H,6-7H2,2-4H3,(H,12,16)(H,13,15). The van der Waals surface area contributed by atoms with E-state index in [1.165, 1.54) is 0 Å². The minimum atomic E-state index is -0.218. The maximum absolute atomic E-state index is 11.2. The number of carbonyl (C=O) groups excluding carboxylic acids is 1. The van der Waals surface area contributed by atoms with Crippen LogP contribution in [0.2, 0.25) is 0 Å². The van der Waals surface area contributed by atoms with Crippen LogP contribution in [0.3, 0.4) is 0 Å². The SMILES string of the molecule is C#CCNC(=O)CNc1noc(C(C)(C)C)n1. The van der Waals surface area contributed by atoms with E-state index in [9.17, 15) is 4.79 Å². The van der Waals surface area contributed by atoms with Crippen LogP contribution in [-0.4, -0.2) is 29.1 Å². The van der Waals surface area contributed by atoms with Crippen LogP contribution in [0.15, 0.2) is 4.52 Å². The van der Waals surface area contributed by atoms with Gasteiger partial charge in [-0.3, -0.25) is 4.79 Å². The molecule has 0 aliphatic carbocycles. The molecule has 1 aromatic rings. The minimum Gasteiger partial charge on any atom is -0.344 e. The Morgan fingerprint density at radius 3 is 2.76 bits per heavy atom. The highest BCUT2D eigenvalue weighted by Crippen LogP contribution is 2.20. The van der Waals surface area contributed by atoms with Crippen molar-refractivity contribution in [1.29, 1.82) is 0 Å². The van der Waals surface area contributed by atoms with Crippen LogP contribution in [0.1, 0.15) is 26.7 Å². The lowest BCUT2D eigenvalue weighted by atomic mass is 9.97. The molecule has 0 spiro atoms. The number of nitrogens with one attached hydrogen (secondary N) is 2. The molecule has 2 N–H and O–H groups in total. The molecule has 17 heavy (non-hydrogen) atoms. The monoisotopic (exact) mass is 236 g/mol. The second-order valence-corrected chi connectivity index (χ2v) is 4.51. The first-order valence-electron chi connectivity index (χ1n) is 5.21. The zero-order chi connectivity index (χ0) is 12.9. The van der Waals surface area contributed by atoms with Gasteiger partial charge in [0.1, 0.15) is 0 Å². The maximum Gasteiger partial charge on any atom is 0.263 e. The fourth-order valence-corrected chi connectivity index (χ4v) is 0.971. The van der Waals surface area contributed by atoms with Gasteiger partial charge in [-0.05, 0) is 5.16 Å². The van der Waals surface area contributed by atoms with E-state index in [0.717, 1.165) is 0 Å². The number of terminal acetylenes is 1. The molecule has 0 saturated carbocycles. The van der Waals surface area contributed by atoms with E-state index in [1.807, 2.05) is 20.8 Å². The molecular formula is C11H16N4O2. The Morgan fingerprint density at radius 2 is 2.24 bits per heavy atom. The summed E-state index contributed by atoms with van der Waals surface area (Å²) >= 11 is 0. The van der Waals surface area contributed by atoms with Crippen molar-refractivity contribution in [2.75, 3.05) is 18.4 Å². The highest BCUT2D eigenvalue weighted by Gasteiger charge is 2.21. The number of amides is 1. The van der Waals surface area contributed by atoms with Crippen LogP contribution in [0.5, 0.6) is 0 Å². The molecular weight excluding hydrogens is 220 g/mol. The van der Waals surface area contributed by atoms with Gasteiger partial charge in [0.05, 0.1) is 13.1 Å². The molecule has 92 valence electrons. The van der Waals surface area contributed by atoms with Gasteiger partial charge in [-0.25, -0.2) is 0 Å². The second kappa shape index (κ2) is 5.34. The van der Waals surface area contributed by atoms with E-state index in [0.29, 0.717) is 11.8 Å². The lowest BCUT2D eigenvalue weighted by Crippen LogP contribution is -2.30. The third-order valence-corrected chi connectivity index (χ3v) is 1.86. The van der Waals surface area contributed by atoms with Gasteiger partial charge in [0.15, 0.2) is 0 Å². The largest absolute Gasteiger partial charge is 0.344 e. The summed E-state index contributed by atoms with van der Waals surface area (Å²) in [5, 5.41) is 8.98. The summed E-state index contributed by atoms with van der Waals surface area (Å²) in [6, 6.07) is 0. The highest BCUT2D eigenvalue weighted by molar-refractivity contribution is 5.80. The molecule has 0 bridgehead atoms. The maximum atomic E-state index is 11.2. The molecule has 1 rings (SSSR count). The molecule has 0 aromatic carbocycles. The van der Waals surface area contributed by atoms with Gasteiger partial charge in [0, 0.05) is 5.41 Å². The zero-order valence-electron chi connectivity index (χ0n) is 10.2. The number of anilines is 1. The van der Waals surface area contributed by atoms with Gasteiger partial charge in [-0.2, -0.15) is 4.98 Å². The Bertz CT molecular complexity index is 425. The third kappa shape index (κ3) is 4.15. The first-order valence-corrected chi connectivity index (χ1v) is 5.21. The molecule has 0 unspecified atom stereocenters. The van der Waals surface area contributed by atoms with Crippen LogP contribution < -0.4 is 10.6 Å². The van der Waals surface area contributed by atoms with E-state index in [2.05, 4.69) is 26.7 Å². The third-order valence-electron chi connectivity index (χ3n) is 1.86. The van der Waals surface area contributed by atoms with Crippen LogP contribution in [0.25, 0.3) is 0 Å². The van der Waals surface area contributed by atoms with Crippen molar-refractivity contribution in [2.24, 2.45) is 0 Å². The van der Waals surface area contributed by atoms with Crippen molar-refractivity contribution in [3.63, 3.8) is 0 Å². The van der Waals surface area contributed by atoms with Gasteiger partial charge >= 0.3 is 0 Å². The summed E-state index contributed by atoms with van der Waals surface area (Å²) in [6.45, 7) is 6.16. The van der Waals surface area contributed by atoms with Crippen molar-refractivity contribution in [2.45, 2.75) is 26.2 Å². The summed E-state index contributed by atoms with van der Waals surface area (Å²) in [7, 11) is 0. The fraction of sp³-hybridized carbons (Fsp3) is 0.545. The molecule has 0 aliphatic heterocycles. The lowest BCUT2D eigenvalue weighted by molar-refractivity contribution is -0.119. The quantitative estimate of drug-likeness (QED) is 0.745. The number of carbonyl (C=O) groups is 1. The van der Waals surface area contributed by atoms with Gasteiger partial charge in [-0.15, -0.1) is 6.42 Å². The molecule has 6 nitrogen and oxygen atoms in total. The topological polar surface area (TPSA) is 80.0 Å². The Morgan fingerprint density at radius 1 is 1.53 bits per heavy atom. The van der Waals surface area contributed by atoms with Crippen molar-refractivity contribution >= 4 is 11.9 Å². The number of nitrogens with zero attached hydrogens (tertiary/aromatic N) is 2. The molecule has 1 amide bonds. The van der Waals surface area contributed by atoms with Crippen molar-refractivity contribution in [1.82, 2.24) is 15.5 Å². The molecule has 0 radical (unpaired) electrons. The average molecular weight is 236 g/mol. The van der Waals surface area contributed by atoms with Gasteiger partial charge in [0.25, 0.3) is 5.95 Å². The summed E-state index contributed by atoms with van der Waals surface area (Å²) in [5.41, 5.74) is -0.210. The first kappa shape index (κ1) is 13.0. The first-order chi connectivity index (χ1) is 7.93. The number of rotatable bonds is 4. The molecule has 6 heteroatoms. The van der Waals surface area contributed by atoms with Gasteiger partial charge in [0.2, 0.25) is 11.8 Å². The Labute approximate surface area is 100 Å². The lowest BCUT2D eigenvalue weighted by Gasteiger charge is -2.10. The Kier molecular flexibility index (Phi) is 4.10. The van der Waals surface area contributed by atoms with E-state index in [1.54, 1.807) is 0 Å². The Balaban J connectivity index is 2.46. The second-order valence-electron chi connectivity index (χ2n) is 4.51. The highest BCUT2D eigenvalue weighted by atomic mass is 16.5. The summed E-state index contributed by atoms with van der Waals surface area (Å²) in [4.78, 5) is 15.3. The smallest absolute Gasteiger partial charge is 0.263 e. The van der Waals surface area contributed by atoms with Crippen LogP contribution in [-0.2, 0) is 10.2 Å². The van der Waals surface area contributed by atoms with Gasteiger partial charge in [-0.1, -0.05) is 26.7 Å². The van der Waals surface area contributed by atoms with Crippen LogP contribution >= 0.6 is 0 Å².